The van der Waals surface area contributed by atoms with E-state index in [0.717, 1.165) is 15.6 Å². The summed E-state index contributed by atoms with van der Waals surface area (Å²) < 4.78 is 25.0. The zero-order valence-corrected chi connectivity index (χ0v) is 19.2. The van der Waals surface area contributed by atoms with Crippen LogP contribution in [0.3, 0.4) is 0 Å². The third-order valence-corrected chi connectivity index (χ3v) is 7.26. The maximum Gasteiger partial charge on any atom is 0.294 e. The number of H-pyrrole nitrogens is 1. The second-order valence-electron chi connectivity index (χ2n) is 7.13. The van der Waals surface area contributed by atoms with Gasteiger partial charge in [-0.05, 0) is 48.2 Å². The number of nitrogens with zero attached hydrogens (tertiary/aromatic N) is 2. The molecule has 4 aromatic rings. The van der Waals surface area contributed by atoms with E-state index in [2.05, 4.69) is 4.98 Å². The Hall–Kier alpha value is -2.72. The lowest BCUT2D eigenvalue weighted by Crippen LogP contribution is -2.30. The van der Waals surface area contributed by atoms with Crippen molar-refractivity contribution >= 4 is 77.6 Å². The van der Waals surface area contributed by atoms with Crippen LogP contribution in [0.2, 0.25) is 5.02 Å². The van der Waals surface area contributed by atoms with Crippen molar-refractivity contribution in [2.24, 2.45) is 0 Å². The summed E-state index contributed by atoms with van der Waals surface area (Å²) in [5, 5.41) is 2.40. The van der Waals surface area contributed by atoms with Crippen molar-refractivity contribution in [3.05, 3.63) is 58.7 Å². The molecular formula is C21H18ClN3O4S2. The van der Waals surface area contributed by atoms with Gasteiger partial charge in [0.1, 0.15) is 5.00 Å². The smallest absolute Gasteiger partial charge is 0.294 e. The first-order valence-electron chi connectivity index (χ1n) is 9.16. The lowest BCUT2D eigenvalue weighted by molar-refractivity contribution is -0.124. The molecule has 2 aromatic heterocycles. The molecule has 4 rings (SSSR count). The predicted molar refractivity (Wildman–Crippen MR) is 126 cm³/mol. The normalized spacial score (nSPS) is 12.3. The van der Waals surface area contributed by atoms with Crippen LogP contribution in [0.4, 0.5) is 10.7 Å². The molecule has 2 heterocycles. The van der Waals surface area contributed by atoms with Crippen molar-refractivity contribution in [1.29, 1.82) is 0 Å². The third kappa shape index (κ3) is 3.63. The molecular weight excluding hydrogens is 458 g/mol. The number of thiophene rings is 1. The molecule has 10 heteroatoms. The number of aromatic nitrogens is 1. The molecule has 0 bridgehead atoms. The summed E-state index contributed by atoms with van der Waals surface area (Å²) in [6.07, 6.45) is 1.45. The van der Waals surface area contributed by atoms with E-state index in [1.165, 1.54) is 40.8 Å². The van der Waals surface area contributed by atoms with E-state index in [-0.39, 0.29) is 5.56 Å². The van der Waals surface area contributed by atoms with Crippen molar-refractivity contribution in [3.63, 3.8) is 0 Å². The van der Waals surface area contributed by atoms with Gasteiger partial charge in [0.05, 0.1) is 11.3 Å². The highest BCUT2D eigenvalue weighted by molar-refractivity contribution is 7.81. The highest BCUT2D eigenvalue weighted by Crippen LogP contribution is 2.44. The number of fused-ring (bicyclic) bond motifs is 2. The van der Waals surface area contributed by atoms with Crippen molar-refractivity contribution in [3.8, 4) is 0 Å². The van der Waals surface area contributed by atoms with E-state index in [1.807, 2.05) is 19.1 Å². The molecule has 0 saturated carbocycles. The Morgan fingerprint density at radius 2 is 1.94 bits per heavy atom. The number of hydrogen-bond donors (Lipinski definition) is 2. The minimum atomic E-state index is -2.44. The molecule has 0 radical (unpaired) electrons. The van der Waals surface area contributed by atoms with Crippen molar-refractivity contribution in [1.82, 2.24) is 9.88 Å². The standard InChI is InChI=1S/C21H18ClN3O4S2/c1-11-13-9-12(22)7-8-17(13)30-21(11)25(31(28)29)16-6-4-5-15-18(16)14(10-23-15)19(26)20(27)24(2)3/h4-10,23H,1-3H3,(H,28,29). The zero-order chi connectivity index (χ0) is 22.4. The lowest BCUT2D eigenvalue weighted by Gasteiger charge is -2.21. The molecule has 2 aromatic carbocycles. The molecule has 1 unspecified atom stereocenters. The van der Waals surface area contributed by atoms with Gasteiger partial charge < -0.3 is 9.88 Å². The fourth-order valence-electron chi connectivity index (χ4n) is 3.47. The van der Waals surface area contributed by atoms with Crippen LogP contribution in [0, 0.1) is 6.92 Å². The minimum Gasteiger partial charge on any atom is -0.360 e. The topological polar surface area (TPSA) is 93.7 Å². The van der Waals surface area contributed by atoms with Gasteiger partial charge in [0, 0.05) is 40.9 Å². The van der Waals surface area contributed by atoms with Gasteiger partial charge >= 0.3 is 0 Å². The van der Waals surface area contributed by atoms with E-state index in [4.69, 9.17) is 11.6 Å². The van der Waals surface area contributed by atoms with Gasteiger partial charge in [-0.15, -0.1) is 11.3 Å². The molecule has 1 atom stereocenters. The summed E-state index contributed by atoms with van der Waals surface area (Å²) in [6.45, 7) is 1.85. The predicted octanol–water partition coefficient (Wildman–Crippen LogP) is 4.89. The molecule has 0 aliphatic carbocycles. The number of amides is 1. The zero-order valence-electron chi connectivity index (χ0n) is 16.8. The van der Waals surface area contributed by atoms with Crippen LogP contribution in [0.15, 0.2) is 42.6 Å². The number of aryl methyl sites for hydroxylation is 1. The molecule has 0 fully saturated rings. The van der Waals surface area contributed by atoms with Crippen LogP contribution in [0.25, 0.3) is 21.0 Å². The number of hydrogen-bond acceptors (Lipinski definition) is 4. The van der Waals surface area contributed by atoms with Gasteiger partial charge in [-0.1, -0.05) is 17.7 Å². The molecule has 0 aliphatic heterocycles. The van der Waals surface area contributed by atoms with Crippen LogP contribution in [-0.4, -0.2) is 44.4 Å². The summed E-state index contributed by atoms with van der Waals surface area (Å²) >= 11 is 5.04. The fraction of sp³-hybridized carbons (Fsp3) is 0.143. The van der Waals surface area contributed by atoms with Crippen LogP contribution in [0.5, 0.6) is 0 Å². The summed E-state index contributed by atoms with van der Waals surface area (Å²) in [6, 6.07) is 10.5. The molecule has 1 amide bonds. The number of Topliss-reactive ketones (excluding diaryl/α,β-unsaturated/α-hetero) is 1. The van der Waals surface area contributed by atoms with Crippen molar-refractivity contribution in [2.75, 3.05) is 18.4 Å². The minimum absolute atomic E-state index is 0.140. The van der Waals surface area contributed by atoms with Gasteiger partial charge in [-0.3, -0.25) is 14.1 Å². The Labute approximate surface area is 189 Å². The summed E-state index contributed by atoms with van der Waals surface area (Å²) in [5.74, 6) is -1.38. The SMILES string of the molecule is Cc1c(N(c2cccc3[nH]cc(C(=O)C(=O)N(C)C)c23)S(=O)O)sc2ccc(Cl)cc12. The van der Waals surface area contributed by atoms with Gasteiger partial charge in [0.15, 0.2) is 0 Å². The first-order valence-corrected chi connectivity index (χ1v) is 11.4. The number of aromatic amines is 1. The van der Waals surface area contributed by atoms with Gasteiger partial charge in [-0.2, -0.15) is 0 Å². The van der Waals surface area contributed by atoms with Gasteiger partial charge in [0.25, 0.3) is 23.0 Å². The number of anilines is 2. The molecule has 0 aliphatic rings. The number of benzene rings is 2. The third-order valence-electron chi connectivity index (χ3n) is 4.96. The average Bonchev–Trinajstić information content (AvgIpc) is 3.29. The second kappa shape index (κ2) is 8.08. The number of rotatable bonds is 5. The Balaban J connectivity index is 1.97. The number of likely N-dealkylation sites (N-methyl/N-ethyl adjacent to an activating group) is 1. The van der Waals surface area contributed by atoms with E-state index in [1.54, 1.807) is 24.3 Å². The van der Waals surface area contributed by atoms with Gasteiger partial charge in [0.2, 0.25) is 0 Å². The first-order chi connectivity index (χ1) is 14.7. The van der Waals surface area contributed by atoms with Crippen molar-refractivity contribution in [2.45, 2.75) is 6.92 Å². The number of ketones is 1. The average molecular weight is 476 g/mol. The van der Waals surface area contributed by atoms with Crippen LogP contribution in [-0.2, 0) is 16.1 Å². The monoisotopic (exact) mass is 475 g/mol. The van der Waals surface area contributed by atoms with Crippen LogP contribution >= 0.6 is 22.9 Å². The highest BCUT2D eigenvalue weighted by atomic mass is 35.5. The Bertz CT molecular complexity index is 1380. The maximum absolute atomic E-state index is 12.8. The van der Waals surface area contributed by atoms with E-state index >= 15 is 0 Å². The number of halogens is 1. The summed E-state index contributed by atoms with van der Waals surface area (Å²) in [4.78, 5) is 29.3. The molecule has 160 valence electrons. The van der Waals surface area contributed by atoms with E-state index < -0.39 is 23.0 Å². The molecule has 0 spiro atoms. The number of carbonyl (C=O) groups excluding carboxylic acids is 2. The Morgan fingerprint density at radius 3 is 2.61 bits per heavy atom. The Kier molecular flexibility index (Phi) is 5.61. The van der Waals surface area contributed by atoms with Crippen LogP contribution in [0.1, 0.15) is 15.9 Å². The van der Waals surface area contributed by atoms with E-state index in [9.17, 15) is 18.4 Å². The van der Waals surface area contributed by atoms with Crippen molar-refractivity contribution < 1.29 is 18.4 Å². The second-order valence-corrected chi connectivity index (χ2v) is 9.42. The quantitative estimate of drug-likeness (QED) is 0.244. The molecule has 2 N–H and O–H groups in total. The van der Waals surface area contributed by atoms with Gasteiger partial charge in [-0.25, -0.2) is 8.51 Å². The largest absolute Gasteiger partial charge is 0.360 e. The summed E-state index contributed by atoms with van der Waals surface area (Å²) in [5.41, 5.74) is 1.84. The summed E-state index contributed by atoms with van der Waals surface area (Å²) in [7, 11) is 2.99. The molecule has 0 saturated heterocycles. The molecule has 7 nitrogen and oxygen atoms in total. The Morgan fingerprint density at radius 1 is 1.19 bits per heavy atom. The number of nitrogens with one attached hydrogen (secondary N) is 1. The first kappa shape index (κ1) is 21.5. The van der Waals surface area contributed by atoms with E-state index in [0.29, 0.717) is 26.6 Å². The lowest BCUT2D eigenvalue weighted by atomic mass is 10.1. The molecule has 31 heavy (non-hydrogen) atoms. The number of carbonyl (C=O) groups is 2. The maximum atomic E-state index is 12.8. The fourth-order valence-corrected chi connectivity index (χ4v) is 5.66. The van der Waals surface area contributed by atoms with Crippen LogP contribution < -0.4 is 4.31 Å². The highest BCUT2D eigenvalue weighted by Gasteiger charge is 2.28.